The zero-order chi connectivity index (χ0) is 15.0. The molecular formula is C17H15F2NO. The number of aryl methyl sites for hydroxylation is 1. The number of nitrogens with one attached hydrogen (secondary N) is 1. The summed E-state index contributed by atoms with van der Waals surface area (Å²) in [5.41, 5.74) is 1.88. The van der Waals surface area contributed by atoms with E-state index in [1.165, 1.54) is 13.0 Å². The number of hydrogen-bond acceptors (Lipinski definition) is 2. The van der Waals surface area contributed by atoms with Crippen molar-refractivity contribution in [2.45, 2.75) is 19.3 Å². The van der Waals surface area contributed by atoms with Gasteiger partial charge in [0, 0.05) is 24.6 Å². The van der Waals surface area contributed by atoms with Crippen molar-refractivity contribution in [2.75, 3.05) is 11.9 Å². The molecule has 2 aromatic rings. The summed E-state index contributed by atoms with van der Waals surface area (Å²) in [6, 6.07) is 10.2. The number of para-hydroxylation sites is 1. The number of benzene rings is 2. The minimum absolute atomic E-state index is 0.0481. The molecule has 0 aromatic heterocycles. The molecule has 0 fully saturated rings. The molecule has 0 amide bonds. The van der Waals surface area contributed by atoms with E-state index in [1.54, 1.807) is 0 Å². The molecule has 4 heteroatoms. The van der Waals surface area contributed by atoms with Crippen LogP contribution in [0.2, 0.25) is 0 Å². The minimum atomic E-state index is -0.789. The molecule has 3 rings (SSSR count). The molecule has 1 unspecified atom stereocenters. The number of carbonyl (C=O) groups is 1. The molecule has 21 heavy (non-hydrogen) atoms. The summed E-state index contributed by atoms with van der Waals surface area (Å²) in [6.45, 7) is 2.14. The maximum Gasteiger partial charge on any atom is 0.169 e. The molecule has 108 valence electrons. The van der Waals surface area contributed by atoms with Gasteiger partial charge in [0.1, 0.15) is 11.6 Å². The Bertz CT molecular complexity index is 712. The molecule has 1 aliphatic rings. The first-order valence-corrected chi connectivity index (χ1v) is 6.88. The van der Waals surface area contributed by atoms with Crippen LogP contribution in [0.1, 0.15) is 33.8 Å². The molecule has 0 saturated heterocycles. The lowest BCUT2D eigenvalue weighted by Gasteiger charge is -2.11. The second kappa shape index (κ2) is 5.28. The lowest BCUT2D eigenvalue weighted by molar-refractivity contribution is 0.0967. The Morgan fingerprint density at radius 3 is 2.81 bits per heavy atom. The van der Waals surface area contributed by atoms with Crippen molar-refractivity contribution in [3.63, 3.8) is 0 Å². The van der Waals surface area contributed by atoms with Crippen LogP contribution in [0.4, 0.5) is 14.5 Å². The number of anilines is 1. The van der Waals surface area contributed by atoms with Crippen molar-refractivity contribution in [1.82, 2.24) is 0 Å². The molecule has 0 bridgehead atoms. The predicted octanol–water partition coefficient (Wildman–Crippen LogP) is 4.06. The molecule has 0 saturated carbocycles. The SMILES string of the molecule is Cc1ccc(F)c(C(=O)CC2CNc3ccccc32)c1F. The zero-order valence-corrected chi connectivity index (χ0v) is 11.6. The van der Waals surface area contributed by atoms with Crippen LogP contribution in [0.5, 0.6) is 0 Å². The van der Waals surface area contributed by atoms with E-state index in [9.17, 15) is 13.6 Å². The van der Waals surface area contributed by atoms with E-state index in [2.05, 4.69) is 5.32 Å². The maximum atomic E-state index is 14.0. The van der Waals surface area contributed by atoms with Gasteiger partial charge in [-0.1, -0.05) is 24.3 Å². The second-order valence-corrected chi connectivity index (χ2v) is 5.35. The molecule has 1 aliphatic heterocycles. The molecule has 0 radical (unpaired) electrons. The molecule has 2 aromatic carbocycles. The minimum Gasteiger partial charge on any atom is -0.384 e. The van der Waals surface area contributed by atoms with Crippen LogP contribution in [0.3, 0.4) is 0 Å². The number of rotatable bonds is 3. The van der Waals surface area contributed by atoms with Crippen LogP contribution >= 0.6 is 0 Å². The van der Waals surface area contributed by atoms with Crippen molar-refractivity contribution < 1.29 is 13.6 Å². The third-order valence-corrected chi connectivity index (χ3v) is 3.93. The molecule has 1 atom stereocenters. The molecular weight excluding hydrogens is 272 g/mol. The van der Waals surface area contributed by atoms with Crippen molar-refractivity contribution in [3.05, 3.63) is 64.7 Å². The van der Waals surface area contributed by atoms with Gasteiger partial charge in [-0.2, -0.15) is 0 Å². The van der Waals surface area contributed by atoms with Crippen molar-refractivity contribution in [2.24, 2.45) is 0 Å². The Hall–Kier alpha value is -2.23. The number of carbonyl (C=O) groups excluding carboxylic acids is 1. The van der Waals surface area contributed by atoms with Gasteiger partial charge < -0.3 is 5.32 Å². The lowest BCUT2D eigenvalue weighted by atomic mass is 9.92. The maximum absolute atomic E-state index is 14.0. The topological polar surface area (TPSA) is 29.1 Å². The van der Waals surface area contributed by atoms with E-state index in [0.717, 1.165) is 17.3 Å². The fraction of sp³-hybridized carbons (Fsp3) is 0.235. The molecule has 0 spiro atoms. The highest BCUT2D eigenvalue weighted by Gasteiger charge is 2.27. The van der Waals surface area contributed by atoms with Crippen LogP contribution in [-0.2, 0) is 0 Å². The smallest absolute Gasteiger partial charge is 0.169 e. The Balaban J connectivity index is 1.87. The number of hydrogen-bond donors (Lipinski definition) is 1. The molecule has 2 nitrogen and oxygen atoms in total. The van der Waals surface area contributed by atoms with Crippen molar-refractivity contribution in [1.29, 1.82) is 0 Å². The molecule has 1 heterocycles. The van der Waals surface area contributed by atoms with Gasteiger partial charge in [0.05, 0.1) is 5.56 Å². The number of ketones is 1. The van der Waals surface area contributed by atoms with Gasteiger partial charge in [-0.3, -0.25) is 4.79 Å². The fourth-order valence-electron chi connectivity index (χ4n) is 2.78. The van der Waals surface area contributed by atoms with Crippen molar-refractivity contribution in [3.8, 4) is 0 Å². The average Bonchev–Trinajstić information content (AvgIpc) is 2.87. The number of fused-ring (bicyclic) bond motifs is 1. The fourth-order valence-corrected chi connectivity index (χ4v) is 2.78. The molecule has 1 N–H and O–H groups in total. The van der Waals surface area contributed by atoms with Crippen LogP contribution in [0, 0.1) is 18.6 Å². The van der Waals surface area contributed by atoms with E-state index in [0.29, 0.717) is 6.54 Å². The van der Waals surface area contributed by atoms with Gasteiger partial charge in [-0.25, -0.2) is 8.78 Å². The Morgan fingerprint density at radius 2 is 2.00 bits per heavy atom. The third kappa shape index (κ3) is 2.42. The Labute approximate surface area is 121 Å². The normalized spacial score (nSPS) is 16.4. The van der Waals surface area contributed by atoms with E-state index < -0.39 is 23.0 Å². The molecule has 0 aliphatic carbocycles. The Morgan fingerprint density at radius 1 is 1.24 bits per heavy atom. The van der Waals surface area contributed by atoms with Gasteiger partial charge in [-0.15, -0.1) is 0 Å². The van der Waals surface area contributed by atoms with Crippen LogP contribution < -0.4 is 5.32 Å². The quantitative estimate of drug-likeness (QED) is 0.863. The highest BCUT2D eigenvalue weighted by Crippen LogP contribution is 2.34. The van der Waals surface area contributed by atoms with Crippen molar-refractivity contribution >= 4 is 11.5 Å². The summed E-state index contributed by atoms with van der Waals surface area (Å²) in [4.78, 5) is 12.3. The summed E-state index contributed by atoms with van der Waals surface area (Å²) >= 11 is 0. The predicted molar refractivity (Wildman–Crippen MR) is 77.7 cm³/mol. The van der Waals surface area contributed by atoms with Gasteiger partial charge in [0.2, 0.25) is 0 Å². The standard InChI is InChI=1S/C17H15F2NO/c1-10-6-7-13(18)16(17(10)19)15(21)8-11-9-20-14-5-3-2-4-12(11)14/h2-7,11,20H,8-9H2,1H3. The van der Waals surface area contributed by atoms with Gasteiger partial charge in [0.15, 0.2) is 5.78 Å². The van der Waals surface area contributed by atoms with E-state index >= 15 is 0 Å². The summed E-state index contributed by atoms with van der Waals surface area (Å²) in [6.07, 6.45) is 0.0985. The van der Waals surface area contributed by atoms with Crippen LogP contribution in [-0.4, -0.2) is 12.3 Å². The van der Waals surface area contributed by atoms with E-state index in [1.807, 2.05) is 24.3 Å². The largest absolute Gasteiger partial charge is 0.384 e. The highest BCUT2D eigenvalue weighted by atomic mass is 19.1. The third-order valence-electron chi connectivity index (χ3n) is 3.93. The average molecular weight is 287 g/mol. The van der Waals surface area contributed by atoms with Gasteiger partial charge >= 0.3 is 0 Å². The van der Waals surface area contributed by atoms with Crippen LogP contribution in [0.25, 0.3) is 0 Å². The number of Topliss-reactive ketones (excluding diaryl/α,β-unsaturated/α-hetero) is 1. The van der Waals surface area contributed by atoms with Gasteiger partial charge in [-0.05, 0) is 30.2 Å². The lowest BCUT2D eigenvalue weighted by Crippen LogP contribution is -2.13. The first-order valence-electron chi connectivity index (χ1n) is 6.88. The van der Waals surface area contributed by atoms with Crippen LogP contribution in [0.15, 0.2) is 36.4 Å². The second-order valence-electron chi connectivity index (χ2n) is 5.35. The number of halogens is 2. The first kappa shape index (κ1) is 13.7. The summed E-state index contributed by atoms with van der Waals surface area (Å²) in [7, 11) is 0. The summed E-state index contributed by atoms with van der Waals surface area (Å²) in [5, 5.41) is 3.21. The Kier molecular flexibility index (Phi) is 3.45. The summed E-state index contributed by atoms with van der Waals surface area (Å²) < 4.78 is 27.8. The van der Waals surface area contributed by atoms with E-state index in [4.69, 9.17) is 0 Å². The first-order chi connectivity index (χ1) is 10.1. The zero-order valence-electron chi connectivity index (χ0n) is 11.6. The van der Waals surface area contributed by atoms with E-state index in [-0.39, 0.29) is 17.9 Å². The van der Waals surface area contributed by atoms with Gasteiger partial charge in [0.25, 0.3) is 0 Å². The monoisotopic (exact) mass is 287 g/mol. The highest BCUT2D eigenvalue weighted by molar-refractivity contribution is 5.97. The summed E-state index contributed by atoms with van der Waals surface area (Å²) in [5.74, 6) is -2.08.